The molecule has 1 heterocycles. The second-order valence-corrected chi connectivity index (χ2v) is 6.32. The van der Waals surface area contributed by atoms with Gasteiger partial charge in [0.05, 0.1) is 10.4 Å². The molecule has 0 radical (unpaired) electrons. The molecule has 0 aliphatic carbocycles. The Hall–Kier alpha value is -1.78. The summed E-state index contributed by atoms with van der Waals surface area (Å²) in [5.74, 6) is 0. The molecule has 0 atom stereocenters. The Kier molecular flexibility index (Phi) is 2.84. The summed E-state index contributed by atoms with van der Waals surface area (Å²) < 4.78 is 26.3. The largest absolute Gasteiger partial charge is 0.268 e. The first-order valence-corrected chi connectivity index (χ1v) is 7.49. The van der Waals surface area contributed by atoms with Crippen LogP contribution in [0, 0.1) is 0 Å². The minimum Gasteiger partial charge on any atom is -0.241 e. The minimum atomic E-state index is -3.58. The van der Waals surface area contributed by atoms with E-state index in [0.717, 1.165) is 5.39 Å². The predicted molar refractivity (Wildman–Crippen MR) is 76.0 cm³/mol. The molecule has 0 unspecified atom stereocenters. The van der Waals surface area contributed by atoms with Crippen LogP contribution in [0.25, 0.3) is 10.9 Å². The minimum absolute atomic E-state index is 0.257. The number of hydrogen-bond donors (Lipinski definition) is 0. The number of aromatic nitrogens is 1. The fourth-order valence-electron chi connectivity index (χ4n) is 2.02. The average Bonchev–Trinajstić information content (AvgIpc) is 2.86. The summed E-state index contributed by atoms with van der Waals surface area (Å²) in [7, 11) is -3.58. The molecule has 0 saturated heterocycles. The number of benzene rings is 2. The van der Waals surface area contributed by atoms with E-state index in [4.69, 9.17) is 11.6 Å². The van der Waals surface area contributed by atoms with Gasteiger partial charge in [0.25, 0.3) is 10.0 Å². The second kappa shape index (κ2) is 4.40. The summed E-state index contributed by atoms with van der Waals surface area (Å²) in [5, 5.41) is 1.27. The van der Waals surface area contributed by atoms with Gasteiger partial charge in [-0.05, 0) is 30.3 Å². The highest BCUT2D eigenvalue weighted by molar-refractivity contribution is 7.90. The van der Waals surface area contributed by atoms with Gasteiger partial charge in [0.2, 0.25) is 0 Å². The van der Waals surface area contributed by atoms with Gasteiger partial charge in [-0.1, -0.05) is 35.9 Å². The molecule has 5 heteroatoms. The summed E-state index contributed by atoms with van der Waals surface area (Å²) in [6.45, 7) is 0. The van der Waals surface area contributed by atoms with Gasteiger partial charge >= 0.3 is 0 Å². The van der Waals surface area contributed by atoms with Gasteiger partial charge in [0.15, 0.2) is 0 Å². The molecule has 0 N–H and O–H groups in total. The smallest absolute Gasteiger partial charge is 0.241 e. The van der Waals surface area contributed by atoms with E-state index < -0.39 is 10.0 Å². The van der Waals surface area contributed by atoms with Crippen LogP contribution in [-0.2, 0) is 10.0 Å². The van der Waals surface area contributed by atoms with Crippen LogP contribution in [0.15, 0.2) is 65.7 Å². The highest BCUT2D eigenvalue weighted by atomic mass is 35.5. The molecule has 0 aliphatic heterocycles. The lowest BCUT2D eigenvalue weighted by atomic mass is 10.2. The van der Waals surface area contributed by atoms with E-state index in [1.165, 1.54) is 10.2 Å². The topological polar surface area (TPSA) is 39.1 Å². The summed E-state index contributed by atoms with van der Waals surface area (Å²) >= 11 is 6.06. The van der Waals surface area contributed by atoms with Crippen molar-refractivity contribution >= 4 is 32.5 Å². The quantitative estimate of drug-likeness (QED) is 0.724. The molecule has 0 amide bonds. The molecule has 0 fully saturated rings. The van der Waals surface area contributed by atoms with Gasteiger partial charge in [-0.25, -0.2) is 12.4 Å². The van der Waals surface area contributed by atoms with Crippen molar-refractivity contribution < 1.29 is 8.42 Å². The molecule has 19 heavy (non-hydrogen) atoms. The first kappa shape index (κ1) is 12.3. The van der Waals surface area contributed by atoms with Crippen LogP contribution < -0.4 is 0 Å². The number of hydrogen-bond acceptors (Lipinski definition) is 2. The number of halogens is 1. The van der Waals surface area contributed by atoms with Gasteiger partial charge in [0.1, 0.15) is 0 Å². The third kappa shape index (κ3) is 1.93. The zero-order valence-corrected chi connectivity index (χ0v) is 11.4. The zero-order valence-electron chi connectivity index (χ0n) is 9.82. The van der Waals surface area contributed by atoms with Crippen LogP contribution in [-0.4, -0.2) is 12.4 Å². The summed E-state index contributed by atoms with van der Waals surface area (Å²) in [5.41, 5.74) is 0.580. The lowest BCUT2D eigenvalue weighted by Crippen LogP contribution is -2.11. The van der Waals surface area contributed by atoms with Crippen molar-refractivity contribution in [3.8, 4) is 0 Å². The van der Waals surface area contributed by atoms with Crippen molar-refractivity contribution in [2.75, 3.05) is 0 Å². The highest BCUT2D eigenvalue weighted by Crippen LogP contribution is 2.27. The molecule has 3 aromatic rings. The van der Waals surface area contributed by atoms with Gasteiger partial charge in [-0.15, -0.1) is 0 Å². The maximum atomic E-state index is 12.5. The van der Waals surface area contributed by atoms with Crippen LogP contribution in [0.3, 0.4) is 0 Å². The van der Waals surface area contributed by atoms with Crippen molar-refractivity contribution in [1.82, 2.24) is 3.97 Å². The Labute approximate surface area is 116 Å². The van der Waals surface area contributed by atoms with E-state index in [-0.39, 0.29) is 4.90 Å². The van der Waals surface area contributed by atoms with Crippen molar-refractivity contribution in [2.24, 2.45) is 0 Å². The Morgan fingerprint density at radius 3 is 2.37 bits per heavy atom. The molecule has 0 spiro atoms. The van der Waals surface area contributed by atoms with E-state index >= 15 is 0 Å². The summed E-state index contributed by atoms with van der Waals surface area (Å²) in [6, 6.07) is 15.3. The van der Waals surface area contributed by atoms with E-state index in [9.17, 15) is 8.42 Å². The van der Waals surface area contributed by atoms with Crippen LogP contribution in [0.5, 0.6) is 0 Å². The Balaban J connectivity index is 2.29. The third-order valence-corrected chi connectivity index (χ3v) is 4.98. The Morgan fingerprint density at radius 1 is 0.895 bits per heavy atom. The van der Waals surface area contributed by atoms with Crippen molar-refractivity contribution in [1.29, 1.82) is 0 Å². The molecular formula is C14H10ClNO2S. The molecule has 2 aromatic carbocycles. The molecule has 3 nitrogen and oxygen atoms in total. The lowest BCUT2D eigenvalue weighted by Gasteiger charge is -2.07. The predicted octanol–water partition coefficient (Wildman–Crippen LogP) is 3.53. The Bertz CT molecular complexity index is 838. The SMILES string of the molecule is O=S(=O)(c1ccccc1)n1ccc2c(Cl)cccc21. The maximum Gasteiger partial charge on any atom is 0.268 e. The monoisotopic (exact) mass is 291 g/mol. The van der Waals surface area contributed by atoms with E-state index in [1.54, 1.807) is 54.6 Å². The van der Waals surface area contributed by atoms with Crippen molar-refractivity contribution in [3.63, 3.8) is 0 Å². The van der Waals surface area contributed by atoms with Crippen molar-refractivity contribution in [2.45, 2.75) is 4.90 Å². The van der Waals surface area contributed by atoms with E-state index in [0.29, 0.717) is 10.5 Å². The Morgan fingerprint density at radius 2 is 1.63 bits per heavy atom. The molecule has 0 saturated carbocycles. The van der Waals surface area contributed by atoms with Gasteiger partial charge < -0.3 is 0 Å². The highest BCUT2D eigenvalue weighted by Gasteiger charge is 2.18. The van der Waals surface area contributed by atoms with E-state index in [1.807, 2.05) is 0 Å². The van der Waals surface area contributed by atoms with Crippen LogP contribution in [0.2, 0.25) is 5.02 Å². The second-order valence-electron chi connectivity index (χ2n) is 4.10. The normalized spacial score (nSPS) is 11.8. The van der Waals surface area contributed by atoms with Gasteiger partial charge in [0, 0.05) is 16.6 Å². The van der Waals surface area contributed by atoms with Crippen LogP contribution in [0.4, 0.5) is 0 Å². The number of nitrogens with zero attached hydrogens (tertiary/aromatic N) is 1. The zero-order chi connectivity index (χ0) is 13.5. The standard InChI is InChI=1S/C14H10ClNO2S/c15-13-7-4-8-14-12(13)9-10-16(14)19(17,18)11-5-2-1-3-6-11/h1-10H. The number of fused-ring (bicyclic) bond motifs is 1. The molecular weight excluding hydrogens is 282 g/mol. The van der Waals surface area contributed by atoms with Gasteiger partial charge in [-0.3, -0.25) is 0 Å². The summed E-state index contributed by atoms with van der Waals surface area (Å²) in [4.78, 5) is 0.257. The molecule has 1 aromatic heterocycles. The first-order valence-electron chi connectivity index (χ1n) is 5.67. The molecule has 96 valence electrons. The first-order chi connectivity index (χ1) is 9.10. The number of rotatable bonds is 2. The third-order valence-electron chi connectivity index (χ3n) is 2.94. The fourth-order valence-corrected chi connectivity index (χ4v) is 3.62. The molecule has 0 aliphatic rings. The fraction of sp³-hybridized carbons (Fsp3) is 0. The van der Waals surface area contributed by atoms with Crippen molar-refractivity contribution in [3.05, 3.63) is 65.8 Å². The van der Waals surface area contributed by atoms with E-state index in [2.05, 4.69) is 0 Å². The molecule has 0 bridgehead atoms. The van der Waals surface area contributed by atoms with Gasteiger partial charge in [-0.2, -0.15) is 0 Å². The molecule has 3 rings (SSSR count). The average molecular weight is 292 g/mol. The van der Waals surface area contributed by atoms with Crippen LogP contribution in [0.1, 0.15) is 0 Å². The van der Waals surface area contributed by atoms with Crippen LogP contribution >= 0.6 is 11.6 Å². The lowest BCUT2D eigenvalue weighted by molar-refractivity contribution is 0.589. The summed E-state index contributed by atoms with van der Waals surface area (Å²) in [6.07, 6.45) is 1.53. The maximum absolute atomic E-state index is 12.5.